The molecule has 1 aromatic carbocycles. The lowest BCUT2D eigenvalue weighted by Gasteiger charge is -2.22. The van der Waals surface area contributed by atoms with Crippen molar-refractivity contribution in [3.8, 4) is 5.75 Å². The van der Waals surface area contributed by atoms with Crippen LogP contribution in [0.1, 0.15) is 11.5 Å². The molecule has 3 rings (SSSR count). The van der Waals surface area contributed by atoms with E-state index in [1.807, 2.05) is 0 Å². The average molecular weight is 306 g/mol. The number of aromatic hydroxyl groups is 1. The number of fused-ring (bicyclic) bond motifs is 3. The van der Waals surface area contributed by atoms with E-state index in [1.54, 1.807) is 0 Å². The zero-order chi connectivity index (χ0) is 14.7. The van der Waals surface area contributed by atoms with Crippen LogP contribution in [-0.2, 0) is 0 Å². The van der Waals surface area contributed by atoms with Crippen molar-refractivity contribution < 1.29 is 27.1 Å². The number of hydrogen-bond acceptors (Lipinski definition) is 2. The quantitative estimate of drug-likeness (QED) is 0.715. The fraction of sp³-hybridized carbons (Fsp3) is 0.231. The molecular weight excluding hydrogens is 299 g/mol. The van der Waals surface area contributed by atoms with Gasteiger partial charge in [0.25, 0.3) is 0 Å². The molecule has 1 aromatic rings. The summed E-state index contributed by atoms with van der Waals surface area (Å²) in [4.78, 5) is 0.00299. The summed E-state index contributed by atoms with van der Waals surface area (Å²) in [6.45, 7) is 0. The van der Waals surface area contributed by atoms with Gasteiger partial charge in [-0.05, 0) is 11.6 Å². The lowest BCUT2D eigenvalue weighted by Crippen LogP contribution is -2.21. The van der Waals surface area contributed by atoms with Gasteiger partial charge < -0.3 is 5.11 Å². The van der Waals surface area contributed by atoms with Crippen LogP contribution in [0.3, 0.4) is 0 Å². The number of phenols is 1. The summed E-state index contributed by atoms with van der Waals surface area (Å²) >= 11 is 0.670. The fourth-order valence-corrected chi connectivity index (χ4v) is 3.80. The number of allylic oxidation sites excluding steroid dienone is 3. The highest BCUT2D eigenvalue weighted by Crippen LogP contribution is 2.54. The lowest BCUT2D eigenvalue weighted by atomic mass is 9.89. The second-order valence-corrected chi connectivity index (χ2v) is 5.65. The maximum atomic E-state index is 14.0. The first-order chi connectivity index (χ1) is 9.30. The van der Waals surface area contributed by atoms with Crippen molar-refractivity contribution in [2.75, 3.05) is 0 Å². The van der Waals surface area contributed by atoms with Crippen molar-refractivity contribution in [1.29, 1.82) is 0 Å². The maximum absolute atomic E-state index is 14.0. The van der Waals surface area contributed by atoms with E-state index < -0.39 is 40.3 Å². The van der Waals surface area contributed by atoms with Crippen LogP contribution in [0.15, 0.2) is 40.6 Å². The van der Waals surface area contributed by atoms with E-state index >= 15 is 0 Å². The van der Waals surface area contributed by atoms with Crippen LogP contribution in [0.2, 0.25) is 0 Å². The molecule has 0 amide bonds. The van der Waals surface area contributed by atoms with Gasteiger partial charge in [-0.25, -0.2) is 8.78 Å². The third-order valence-electron chi connectivity index (χ3n) is 3.32. The van der Waals surface area contributed by atoms with Crippen molar-refractivity contribution >= 4 is 11.8 Å². The van der Waals surface area contributed by atoms with Crippen molar-refractivity contribution in [2.45, 2.75) is 22.2 Å². The molecule has 1 nitrogen and oxygen atoms in total. The van der Waals surface area contributed by atoms with Crippen LogP contribution in [0, 0.1) is 5.82 Å². The highest BCUT2D eigenvalue weighted by atomic mass is 32.2. The van der Waals surface area contributed by atoms with Gasteiger partial charge >= 0.3 is 6.18 Å². The Hall–Kier alpha value is -1.50. The van der Waals surface area contributed by atoms with Gasteiger partial charge in [0, 0.05) is 5.92 Å². The molecule has 0 aromatic heterocycles. The molecule has 0 radical (unpaired) electrons. The molecule has 0 bridgehead atoms. The van der Waals surface area contributed by atoms with Crippen LogP contribution >= 0.6 is 11.8 Å². The van der Waals surface area contributed by atoms with Crippen LogP contribution in [0.5, 0.6) is 5.75 Å². The highest BCUT2D eigenvalue weighted by Gasteiger charge is 2.45. The van der Waals surface area contributed by atoms with Crippen LogP contribution in [0.25, 0.3) is 0 Å². The van der Waals surface area contributed by atoms with Crippen molar-refractivity contribution in [3.05, 3.63) is 47.1 Å². The maximum Gasteiger partial charge on any atom is 0.418 e. The zero-order valence-electron chi connectivity index (χ0n) is 9.71. The van der Waals surface area contributed by atoms with E-state index in [1.165, 1.54) is 12.1 Å². The largest absolute Gasteiger partial charge is 0.505 e. The normalized spacial score (nSPS) is 24.9. The molecule has 7 heteroatoms. The molecule has 1 aliphatic heterocycles. The molecule has 0 saturated heterocycles. The predicted octanol–water partition coefficient (Wildman–Crippen LogP) is 4.44. The Morgan fingerprint density at radius 2 is 1.85 bits per heavy atom. The van der Waals surface area contributed by atoms with Crippen molar-refractivity contribution in [2.24, 2.45) is 0 Å². The SMILES string of the molecule is Oc1ccc2c(c1F)SC1C(F)=C(C(F)(F)F)C=CC21. The number of alkyl halides is 3. The molecule has 0 saturated carbocycles. The second-order valence-electron chi connectivity index (χ2n) is 4.50. The molecule has 0 spiro atoms. The molecule has 2 atom stereocenters. The van der Waals surface area contributed by atoms with Gasteiger partial charge in [-0.15, -0.1) is 11.8 Å². The van der Waals surface area contributed by atoms with Crippen LogP contribution < -0.4 is 0 Å². The van der Waals surface area contributed by atoms with Crippen LogP contribution in [0.4, 0.5) is 22.0 Å². The number of benzene rings is 1. The van der Waals surface area contributed by atoms with E-state index in [0.717, 1.165) is 6.07 Å². The summed E-state index contributed by atoms with van der Waals surface area (Å²) in [5.41, 5.74) is -0.938. The van der Waals surface area contributed by atoms with E-state index in [4.69, 9.17) is 0 Å². The summed E-state index contributed by atoms with van der Waals surface area (Å²) < 4.78 is 65.7. The van der Waals surface area contributed by atoms with E-state index in [2.05, 4.69) is 0 Å². The molecule has 2 unspecified atom stereocenters. The minimum atomic E-state index is -4.78. The molecule has 0 fully saturated rings. The Kier molecular flexibility index (Phi) is 2.86. The number of halogens is 5. The molecular formula is C13H7F5OS. The van der Waals surface area contributed by atoms with Crippen molar-refractivity contribution in [3.63, 3.8) is 0 Å². The molecule has 1 N–H and O–H groups in total. The van der Waals surface area contributed by atoms with E-state index in [-0.39, 0.29) is 4.90 Å². The third kappa shape index (κ3) is 1.83. The first-order valence-corrected chi connectivity index (χ1v) is 6.51. The summed E-state index contributed by atoms with van der Waals surface area (Å²) in [6.07, 6.45) is -2.86. The number of rotatable bonds is 0. The standard InChI is InChI=1S/C13H7F5OS/c14-9-7(13(16,17)18)3-1-5-6-2-4-8(19)10(15)12(6)20-11(5)9/h1-5,11,19H. The topological polar surface area (TPSA) is 20.2 Å². The zero-order valence-corrected chi connectivity index (χ0v) is 10.5. The second kappa shape index (κ2) is 4.25. The Morgan fingerprint density at radius 3 is 2.50 bits per heavy atom. The number of thioether (sulfide) groups is 1. The summed E-state index contributed by atoms with van der Waals surface area (Å²) in [7, 11) is 0. The Labute approximate surface area is 114 Å². The third-order valence-corrected chi connectivity index (χ3v) is 4.72. The van der Waals surface area contributed by atoms with Crippen molar-refractivity contribution in [1.82, 2.24) is 0 Å². The minimum absolute atomic E-state index is 0.00299. The first-order valence-electron chi connectivity index (χ1n) is 5.64. The van der Waals surface area contributed by atoms with E-state index in [9.17, 15) is 27.1 Å². The van der Waals surface area contributed by atoms with Gasteiger partial charge in [-0.1, -0.05) is 18.2 Å². The molecule has 20 heavy (non-hydrogen) atoms. The number of hydrogen-bond donors (Lipinski definition) is 1. The molecule has 1 aliphatic carbocycles. The Morgan fingerprint density at radius 1 is 1.15 bits per heavy atom. The van der Waals surface area contributed by atoms with Gasteiger partial charge in [0.05, 0.1) is 15.7 Å². The van der Waals surface area contributed by atoms with Gasteiger partial charge in [-0.2, -0.15) is 13.2 Å². The molecule has 1 heterocycles. The van der Waals surface area contributed by atoms with Gasteiger partial charge in [0.1, 0.15) is 5.83 Å². The van der Waals surface area contributed by atoms with Gasteiger partial charge in [-0.3, -0.25) is 0 Å². The summed E-state index contributed by atoms with van der Waals surface area (Å²) in [5.74, 6) is -3.47. The monoisotopic (exact) mass is 306 g/mol. The molecule has 106 valence electrons. The Bertz CT molecular complexity index is 647. The molecule has 2 aliphatic rings. The average Bonchev–Trinajstić information content (AvgIpc) is 2.73. The fourth-order valence-electron chi connectivity index (χ4n) is 2.38. The highest BCUT2D eigenvalue weighted by molar-refractivity contribution is 8.00. The van der Waals surface area contributed by atoms with Gasteiger partial charge in [0.15, 0.2) is 11.6 Å². The van der Waals surface area contributed by atoms with Gasteiger partial charge in [0.2, 0.25) is 0 Å². The van der Waals surface area contributed by atoms with Crippen LogP contribution in [-0.4, -0.2) is 16.5 Å². The Balaban J connectivity index is 2.09. The first kappa shape index (κ1) is 13.5. The predicted molar refractivity (Wildman–Crippen MR) is 63.8 cm³/mol. The lowest BCUT2D eigenvalue weighted by molar-refractivity contribution is -0.0904. The number of phenolic OH excluding ortho intramolecular Hbond substituents is 1. The summed E-state index contributed by atoms with van der Waals surface area (Å²) in [6, 6.07) is 2.52. The smallest absolute Gasteiger partial charge is 0.418 e. The summed E-state index contributed by atoms with van der Waals surface area (Å²) in [5, 5.41) is 8.14. The minimum Gasteiger partial charge on any atom is -0.505 e. The van der Waals surface area contributed by atoms with E-state index in [0.29, 0.717) is 23.4 Å².